The highest BCUT2D eigenvalue weighted by atomic mass is 32.2. The van der Waals surface area contributed by atoms with Crippen molar-refractivity contribution in [2.45, 2.75) is 55.7 Å². The zero-order chi connectivity index (χ0) is 22.6. The third kappa shape index (κ3) is 4.83. The summed E-state index contributed by atoms with van der Waals surface area (Å²) in [6, 6.07) is 11.1. The summed E-state index contributed by atoms with van der Waals surface area (Å²) in [5.41, 5.74) is 1.78. The van der Waals surface area contributed by atoms with E-state index < -0.39 is 0 Å². The highest BCUT2D eigenvalue weighted by molar-refractivity contribution is 7.99. The van der Waals surface area contributed by atoms with Gasteiger partial charge in [0.2, 0.25) is 5.89 Å². The van der Waals surface area contributed by atoms with E-state index in [4.69, 9.17) is 13.6 Å². The van der Waals surface area contributed by atoms with Gasteiger partial charge in [0.25, 0.3) is 11.1 Å². The molecule has 9 heteroatoms. The molecule has 3 aromatic rings. The lowest BCUT2D eigenvalue weighted by atomic mass is 9.89. The first-order chi connectivity index (χ1) is 16.2. The van der Waals surface area contributed by atoms with Crippen molar-refractivity contribution in [3.63, 3.8) is 0 Å². The van der Waals surface area contributed by atoms with Crippen molar-refractivity contribution in [3.8, 4) is 5.75 Å². The first-order valence-corrected chi connectivity index (χ1v) is 12.2. The summed E-state index contributed by atoms with van der Waals surface area (Å²) in [4.78, 5) is 13.2. The fourth-order valence-electron chi connectivity index (χ4n) is 4.38. The van der Waals surface area contributed by atoms with Gasteiger partial charge in [0.15, 0.2) is 0 Å². The molecule has 2 aromatic heterocycles. The number of hydrogen-bond acceptors (Lipinski definition) is 8. The van der Waals surface area contributed by atoms with E-state index in [1.54, 1.807) is 13.4 Å². The van der Waals surface area contributed by atoms with Crippen molar-refractivity contribution in [1.29, 1.82) is 0 Å². The average Bonchev–Trinajstić information content (AvgIpc) is 3.64. The Morgan fingerprint density at radius 1 is 1.15 bits per heavy atom. The van der Waals surface area contributed by atoms with Crippen LogP contribution in [-0.4, -0.2) is 39.7 Å². The summed E-state index contributed by atoms with van der Waals surface area (Å²) < 4.78 is 16.7. The highest BCUT2D eigenvalue weighted by Crippen LogP contribution is 2.35. The number of furan rings is 1. The zero-order valence-corrected chi connectivity index (χ0v) is 19.3. The Balaban J connectivity index is 1.29. The number of amides is 1. The number of hydrogen-bond donors (Lipinski definition) is 0. The smallest absolute Gasteiger partial charge is 0.277 e. The SMILES string of the molecule is COc1ccc(C2=NN(C(=O)CSc3nnc(C4CCCCC4)o3)[C@@H](c3ccco3)C2)cc1. The third-order valence-electron chi connectivity index (χ3n) is 6.16. The first kappa shape index (κ1) is 21.8. The van der Waals surface area contributed by atoms with Crippen molar-refractivity contribution < 1.29 is 18.4 Å². The molecule has 0 bridgehead atoms. The number of methoxy groups -OCH3 is 1. The van der Waals surface area contributed by atoms with E-state index in [1.807, 2.05) is 36.4 Å². The molecule has 1 aromatic carbocycles. The number of rotatable bonds is 7. The van der Waals surface area contributed by atoms with Gasteiger partial charge in [-0.15, -0.1) is 10.2 Å². The van der Waals surface area contributed by atoms with Crippen LogP contribution in [0.5, 0.6) is 5.75 Å². The van der Waals surface area contributed by atoms with Crippen LogP contribution in [0.2, 0.25) is 0 Å². The van der Waals surface area contributed by atoms with E-state index in [2.05, 4.69) is 15.3 Å². The normalized spacial score (nSPS) is 19.0. The minimum Gasteiger partial charge on any atom is -0.497 e. The number of aromatic nitrogens is 2. The largest absolute Gasteiger partial charge is 0.497 e. The van der Waals surface area contributed by atoms with Crippen molar-refractivity contribution >= 4 is 23.4 Å². The summed E-state index contributed by atoms with van der Waals surface area (Å²) in [5.74, 6) is 2.54. The van der Waals surface area contributed by atoms with Crippen LogP contribution in [0.15, 0.2) is 61.8 Å². The van der Waals surface area contributed by atoms with E-state index in [1.165, 1.54) is 36.0 Å². The first-order valence-electron chi connectivity index (χ1n) is 11.2. The van der Waals surface area contributed by atoms with Crippen LogP contribution in [0.1, 0.15) is 67.7 Å². The Labute approximate surface area is 196 Å². The van der Waals surface area contributed by atoms with Gasteiger partial charge in [-0.25, -0.2) is 5.01 Å². The molecule has 172 valence electrons. The van der Waals surface area contributed by atoms with Gasteiger partial charge in [-0.1, -0.05) is 31.0 Å². The predicted molar refractivity (Wildman–Crippen MR) is 123 cm³/mol. The molecule has 3 heterocycles. The van der Waals surface area contributed by atoms with Gasteiger partial charge in [-0.2, -0.15) is 5.10 Å². The van der Waals surface area contributed by atoms with Crippen molar-refractivity contribution in [2.24, 2.45) is 5.10 Å². The third-order valence-corrected chi connectivity index (χ3v) is 6.96. The lowest BCUT2D eigenvalue weighted by Gasteiger charge is -2.19. The molecule has 1 atom stereocenters. The van der Waals surface area contributed by atoms with Crippen LogP contribution in [0.25, 0.3) is 0 Å². The van der Waals surface area contributed by atoms with E-state index >= 15 is 0 Å². The Hall–Kier alpha value is -3.07. The van der Waals surface area contributed by atoms with Crippen LogP contribution in [0.3, 0.4) is 0 Å². The lowest BCUT2D eigenvalue weighted by molar-refractivity contribution is -0.130. The summed E-state index contributed by atoms with van der Waals surface area (Å²) in [7, 11) is 1.63. The molecule has 8 nitrogen and oxygen atoms in total. The Morgan fingerprint density at radius 2 is 1.97 bits per heavy atom. The van der Waals surface area contributed by atoms with Crippen LogP contribution in [0, 0.1) is 0 Å². The maximum atomic E-state index is 13.2. The van der Waals surface area contributed by atoms with Crippen LogP contribution >= 0.6 is 11.8 Å². The average molecular weight is 467 g/mol. The zero-order valence-electron chi connectivity index (χ0n) is 18.5. The molecule has 5 rings (SSSR count). The monoisotopic (exact) mass is 466 g/mol. The molecular formula is C24H26N4O4S. The Kier molecular flexibility index (Phi) is 6.48. The Bertz CT molecular complexity index is 1100. The molecule has 0 N–H and O–H groups in total. The van der Waals surface area contributed by atoms with Crippen molar-refractivity contribution in [3.05, 3.63) is 59.9 Å². The predicted octanol–water partition coefficient (Wildman–Crippen LogP) is 5.19. The van der Waals surface area contributed by atoms with E-state index in [-0.39, 0.29) is 17.7 Å². The topological polar surface area (TPSA) is 94.0 Å². The maximum absolute atomic E-state index is 13.2. The number of benzene rings is 1. The summed E-state index contributed by atoms with van der Waals surface area (Å²) >= 11 is 1.25. The van der Waals surface area contributed by atoms with Gasteiger partial charge < -0.3 is 13.6 Å². The molecule has 0 unspecified atom stereocenters. The summed E-state index contributed by atoms with van der Waals surface area (Å²) in [6.07, 6.45) is 8.04. The summed E-state index contributed by atoms with van der Waals surface area (Å²) in [5, 5.41) is 15.0. The van der Waals surface area contributed by atoms with Gasteiger partial charge in [-0.3, -0.25) is 4.79 Å². The number of hydrazone groups is 1. The fraction of sp³-hybridized carbons (Fsp3) is 0.417. The molecule has 1 fully saturated rings. The molecule has 1 aliphatic heterocycles. The standard InChI is InChI=1S/C24H26N4O4S/c1-30-18-11-9-16(10-12-18)19-14-20(21-8-5-13-31-21)28(27-19)22(29)15-33-24-26-25-23(32-24)17-6-3-2-4-7-17/h5,8-13,17,20H,2-4,6-7,14-15H2,1H3/t20-/m1/s1. The second kappa shape index (κ2) is 9.82. The molecule has 0 radical (unpaired) electrons. The number of nitrogens with zero attached hydrogens (tertiary/aromatic N) is 4. The van der Waals surface area contributed by atoms with Gasteiger partial charge in [0.05, 0.1) is 24.8 Å². The second-order valence-electron chi connectivity index (χ2n) is 8.28. The van der Waals surface area contributed by atoms with Crippen LogP contribution < -0.4 is 4.74 Å². The number of thioether (sulfide) groups is 1. The lowest BCUT2D eigenvalue weighted by Crippen LogP contribution is -2.28. The Morgan fingerprint density at radius 3 is 2.70 bits per heavy atom. The van der Waals surface area contributed by atoms with E-state index in [9.17, 15) is 4.79 Å². The molecule has 0 spiro atoms. The van der Waals surface area contributed by atoms with Gasteiger partial charge in [0.1, 0.15) is 17.6 Å². The number of ether oxygens (including phenoxy) is 1. The minimum atomic E-state index is -0.286. The van der Waals surface area contributed by atoms with Gasteiger partial charge >= 0.3 is 0 Å². The minimum absolute atomic E-state index is 0.137. The quantitative estimate of drug-likeness (QED) is 0.442. The highest BCUT2D eigenvalue weighted by Gasteiger charge is 2.35. The molecule has 0 saturated heterocycles. The number of carbonyl (C=O) groups is 1. The molecular weight excluding hydrogens is 440 g/mol. The van der Waals surface area contributed by atoms with Crippen LogP contribution in [-0.2, 0) is 4.79 Å². The van der Waals surface area contributed by atoms with E-state index in [0.29, 0.717) is 29.2 Å². The van der Waals surface area contributed by atoms with Gasteiger partial charge in [0, 0.05) is 12.3 Å². The van der Waals surface area contributed by atoms with Crippen LogP contribution in [0.4, 0.5) is 0 Å². The second-order valence-corrected chi connectivity index (χ2v) is 9.21. The molecule has 1 saturated carbocycles. The van der Waals surface area contributed by atoms with Gasteiger partial charge in [-0.05, 0) is 54.8 Å². The number of carbonyl (C=O) groups excluding carboxylic acids is 1. The van der Waals surface area contributed by atoms with Crippen molar-refractivity contribution in [1.82, 2.24) is 15.2 Å². The molecule has 1 amide bonds. The van der Waals surface area contributed by atoms with E-state index in [0.717, 1.165) is 29.9 Å². The fourth-order valence-corrected chi connectivity index (χ4v) is 5.01. The maximum Gasteiger partial charge on any atom is 0.277 e. The summed E-state index contributed by atoms with van der Waals surface area (Å²) in [6.45, 7) is 0. The molecule has 2 aliphatic rings. The van der Waals surface area contributed by atoms with Crippen molar-refractivity contribution in [2.75, 3.05) is 12.9 Å². The molecule has 1 aliphatic carbocycles. The molecule has 33 heavy (non-hydrogen) atoms.